The summed E-state index contributed by atoms with van der Waals surface area (Å²) in [5.74, 6) is 0.731. The predicted molar refractivity (Wildman–Crippen MR) is 23.3 cm³/mol. The van der Waals surface area contributed by atoms with Crippen LogP contribution in [0.2, 0.25) is 0 Å². The van der Waals surface area contributed by atoms with Crippen molar-refractivity contribution in [3.05, 3.63) is 12.3 Å². The average molecular weight is 83.1 g/mol. The Morgan fingerprint density at radius 2 is 2.83 bits per heavy atom. The van der Waals surface area contributed by atoms with E-state index >= 15 is 0 Å². The van der Waals surface area contributed by atoms with Crippen molar-refractivity contribution < 1.29 is 4.84 Å². The second-order valence-corrected chi connectivity index (χ2v) is 1.12. The molecule has 0 saturated carbocycles. The number of hydrogen-bond donors (Lipinski definition) is 0. The summed E-state index contributed by atoms with van der Waals surface area (Å²) < 4.78 is 0. The smallest absolute Gasteiger partial charge is 0.133 e. The van der Waals surface area contributed by atoms with Gasteiger partial charge in [-0.15, -0.1) is 0 Å². The molecule has 0 aliphatic carbocycles. The Labute approximate surface area is 36.1 Å². The molecule has 6 heavy (non-hydrogen) atoms. The molecule has 1 rings (SSSR count). The van der Waals surface area contributed by atoms with Crippen LogP contribution in [-0.2, 0) is 4.84 Å². The number of rotatable bonds is 0. The van der Waals surface area contributed by atoms with Gasteiger partial charge in [0.25, 0.3) is 0 Å². The highest BCUT2D eigenvalue weighted by molar-refractivity contribution is 5.61. The standard InChI is InChI=1S/C4H5NO/c1-4-2-3-5-6-4/h3H,1-2H2. The van der Waals surface area contributed by atoms with Gasteiger partial charge in [0.1, 0.15) is 5.76 Å². The quantitative estimate of drug-likeness (QED) is 0.426. The molecular formula is C4H5NO. The SMILES string of the molecule is C=C1CC=NO1. The highest BCUT2D eigenvalue weighted by Gasteiger charge is 1.95. The molecule has 2 nitrogen and oxygen atoms in total. The summed E-state index contributed by atoms with van der Waals surface area (Å²) >= 11 is 0. The largest absolute Gasteiger partial charge is 0.362 e. The molecular weight excluding hydrogens is 78.0 g/mol. The fraction of sp³-hybridized carbons (Fsp3) is 0.250. The minimum absolute atomic E-state index is 0.731. The van der Waals surface area contributed by atoms with E-state index in [4.69, 9.17) is 0 Å². The molecule has 0 aromatic heterocycles. The molecule has 0 spiro atoms. The van der Waals surface area contributed by atoms with Crippen LogP contribution in [0.25, 0.3) is 0 Å². The van der Waals surface area contributed by atoms with Gasteiger partial charge in [-0.05, 0) is 0 Å². The van der Waals surface area contributed by atoms with Crippen molar-refractivity contribution >= 4 is 6.21 Å². The van der Waals surface area contributed by atoms with Crippen LogP contribution in [0.3, 0.4) is 0 Å². The van der Waals surface area contributed by atoms with E-state index in [1.165, 1.54) is 0 Å². The lowest BCUT2D eigenvalue weighted by Crippen LogP contribution is -1.68. The molecule has 0 saturated heterocycles. The first kappa shape index (κ1) is 3.40. The topological polar surface area (TPSA) is 21.6 Å². The first-order valence-electron chi connectivity index (χ1n) is 1.76. The zero-order chi connectivity index (χ0) is 4.41. The molecule has 0 unspecified atom stereocenters. The summed E-state index contributed by atoms with van der Waals surface area (Å²) in [5, 5.41) is 3.44. The normalized spacial score (nSPS) is 18.3. The molecule has 0 fully saturated rings. The van der Waals surface area contributed by atoms with Gasteiger partial charge in [0.05, 0.1) is 6.21 Å². The van der Waals surface area contributed by atoms with E-state index < -0.39 is 0 Å². The van der Waals surface area contributed by atoms with Crippen LogP contribution in [-0.4, -0.2) is 6.21 Å². The Hall–Kier alpha value is -0.790. The molecule has 2 heteroatoms. The van der Waals surface area contributed by atoms with Gasteiger partial charge in [-0.2, -0.15) is 0 Å². The van der Waals surface area contributed by atoms with E-state index in [-0.39, 0.29) is 0 Å². The minimum atomic E-state index is 0.731. The molecule has 0 N–H and O–H groups in total. The molecule has 1 aliphatic heterocycles. The molecule has 0 aromatic rings. The van der Waals surface area contributed by atoms with E-state index in [1.54, 1.807) is 6.21 Å². The van der Waals surface area contributed by atoms with Crippen molar-refractivity contribution in [2.75, 3.05) is 0 Å². The summed E-state index contributed by atoms with van der Waals surface area (Å²) in [5.41, 5.74) is 0. The van der Waals surface area contributed by atoms with Gasteiger partial charge in [-0.25, -0.2) is 0 Å². The third-order valence-electron chi connectivity index (χ3n) is 0.575. The zero-order valence-corrected chi connectivity index (χ0v) is 3.35. The maximum absolute atomic E-state index is 4.53. The first-order chi connectivity index (χ1) is 2.89. The fourth-order valence-electron chi connectivity index (χ4n) is 0.288. The zero-order valence-electron chi connectivity index (χ0n) is 3.35. The summed E-state index contributed by atoms with van der Waals surface area (Å²) in [6.45, 7) is 3.51. The lowest BCUT2D eigenvalue weighted by Gasteiger charge is -1.82. The molecule has 0 aromatic carbocycles. The average Bonchev–Trinajstić information content (AvgIpc) is 1.86. The van der Waals surface area contributed by atoms with Crippen molar-refractivity contribution in [2.24, 2.45) is 5.16 Å². The second kappa shape index (κ2) is 1.12. The van der Waals surface area contributed by atoms with Gasteiger partial charge >= 0.3 is 0 Å². The lowest BCUT2D eigenvalue weighted by molar-refractivity contribution is 0.247. The van der Waals surface area contributed by atoms with Crippen LogP contribution in [0.4, 0.5) is 0 Å². The molecule has 0 atom stereocenters. The number of allylic oxidation sites excluding steroid dienone is 1. The maximum atomic E-state index is 4.53. The highest BCUT2D eigenvalue weighted by atomic mass is 16.6. The Balaban J connectivity index is 2.52. The number of oxime groups is 1. The van der Waals surface area contributed by atoms with Crippen LogP contribution in [0.1, 0.15) is 6.42 Å². The predicted octanol–water partition coefficient (Wildman–Crippen LogP) is 0.906. The van der Waals surface area contributed by atoms with E-state index in [0.717, 1.165) is 12.2 Å². The Morgan fingerprint density at radius 1 is 2.00 bits per heavy atom. The van der Waals surface area contributed by atoms with Crippen molar-refractivity contribution in [1.82, 2.24) is 0 Å². The summed E-state index contributed by atoms with van der Waals surface area (Å²) in [6, 6.07) is 0. The maximum Gasteiger partial charge on any atom is 0.133 e. The minimum Gasteiger partial charge on any atom is -0.362 e. The van der Waals surface area contributed by atoms with Crippen LogP contribution in [0.5, 0.6) is 0 Å². The third kappa shape index (κ3) is 0.407. The Morgan fingerprint density at radius 3 is 3.00 bits per heavy atom. The molecule has 32 valence electrons. The van der Waals surface area contributed by atoms with E-state index in [9.17, 15) is 0 Å². The van der Waals surface area contributed by atoms with Gasteiger partial charge in [-0.1, -0.05) is 11.7 Å². The van der Waals surface area contributed by atoms with Gasteiger partial charge in [0, 0.05) is 6.42 Å². The molecule has 0 radical (unpaired) electrons. The highest BCUT2D eigenvalue weighted by Crippen LogP contribution is 2.03. The molecule has 1 aliphatic rings. The lowest BCUT2D eigenvalue weighted by atomic mass is 10.4. The van der Waals surface area contributed by atoms with Gasteiger partial charge < -0.3 is 4.84 Å². The van der Waals surface area contributed by atoms with Crippen molar-refractivity contribution in [3.8, 4) is 0 Å². The van der Waals surface area contributed by atoms with Gasteiger partial charge in [0.15, 0.2) is 0 Å². The third-order valence-corrected chi connectivity index (χ3v) is 0.575. The first-order valence-corrected chi connectivity index (χ1v) is 1.76. The van der Waals surface area contributed by atoms with Crippen LogP contribution < -0.4 is 0 Å². The molecule has 0 amide bonds. The van der Waals surface area contributed by atoms with Gasteiger partial charge in [-0.3, -0.25) is 0 Å². The van der Waals surface area contributed by atoms with E-state index in [0.29, 0.717) is 0 Å². The van der Waals surface area contributed by atoms with Crippen molar-refractivity contribution in [1.29, 1.82) is 0 Å². The second-order valence-electron chi connectivity index (χ2n) is 1.12. The Bertz CT molecular complexity index is 85.7. The number of nitrogens with zero attached hydrogens (tertiary/aromatic N) is 1. The summed E-state index contributed by atoms with van der Waals surface area (Å²) in [4.78, 5) is 4.53. The van der Waals surface area contributed by atoms with Crippen LogP contribution in [0.15, 0.2) is 17.5 Å². The summed E-state index contributed by atoms with van der Waals surface area (Å²) in [7, 11) is 0. The van der Waals surface area contributed by atoms with Crippen molar-refractivity contribution in [3.63, 3.8) is 0 Å². The number of hydrogen-bond acceptors (Lipinski definition) is 2. The van der Waals surface area contributed by atoms with E-state index in [1.807, 2.05) is 0 Å². The summed E-state index contributed by atoms with van der Waals surface area (Å²) in [6.07, 6.45) is 2.46. The van der Waals surface area contributed by atoms with E-state index in [2.05, 4.69) is 16.6 Å². The van der Waals surface area contributed by atoms with Crippen molar-refractivity contribution in [2.45, 2.75) is 6.42 Å². The van der Waals surface area contributed by atoms with Crippen LogP contribution in [0, 0.1) is 0 Å². The molecule has 1 heterocycles. The molecule has 0 bridgehead atoms. The van der Waals surface area contributed by atoms with Gasteiger partial charge in [0.2, 0.25) is 0 Å². The monoisotopic (exact) mass is 83.0 g/mol. The van der Waals surface area contributed by atoms with Crippen LogP contribution >= 0.6 is 0 Å². The Kier molecular flexibility index (Phi) is 0.638. The fourth-order valence-corrected chi connectivity index (χ4v) is 0.288.